The van der Waals surface area contributed by atoms with Crippen LogP contribution >= 0.6 is 46.4 Å². The molecule has 4 N–H and O–H groups in total. The number of carbonyl (C=O) groups excluding carboxylic acids is 1. The van der Waals surface area contributed by atoms with Crippen LogP contribution in [0.2, 0.25) is 20.1 Å². The fourth-order valence-corrected chi connectivity index (χ4v) is 5.67. The van der Waals surface area contributed by atoms with Crippen LogP contribution in [0.4, 0.5) is 0 Å². The summed E-state index contributed by atoms with van der Waals surface area (Å²) in [5, 5.41) is 32.6. The standard InChI is InChI=1S/C16H13Cl2N3O3.C12H11Cl2NO3.C4H6N2O/c1-7-4-12(24-20-7)13-8(2)9(5-11(17)14(13)18)15(22)10-6-19-21(3)16(10)23;1-5-3-9(18-15-5)10-6(2)7(12(16)17)4-8(13)11(10)14;1-6-4(7)2-3-5-6/h4-6,19H,1-3H3;3-4,12,16-17H,1-2H3;2-3,5H,1H3. The fraction of sp³-hybridized carbons (Fsp3) is 0.219. The Morgan fingerprint density at radius 1 is 0.776 bits per heavy atom. The Balaban J connectivity index is 0.000000189. The molecule has 0 unspecified atom stereocenters. The first-order chi connectivity index (χ1) is 23.0. The van der Waals surface area contributed by atoms with Crippen LogP contribution < -0.4 is 11.1 Å². The molecule has 0 aliphatic carbocycles. The number of ketones is 1. The van der Waals surface area contributed by atoms with Crippen LogP contribution in [0.25, 0.3) is 22.6 Å². The maximum atomic E-state index is 12.8. The topological polar surface area (TPSA) is 185 Å². The molecule has 0 saturated heterocycles. The number of halogens is 4. The number of nitrogens with one attached hydrogen (secondary N) is 2. The van der Waals surface area contributed by atoms with E-state index in [1.165, 1.54) is 40.8 Å². The molecule has 17 heteroatoms. The van der Waals surface area contributed by atoms with Gasteiger partial charge < -0.3 is 29.5 Å². The molecule has 4 heterocycles. The van der Waals surface area contributed by atoms with Gasteiger partial charge in [0.2, 0.25) is 5.78 Å². The van der Waals surface area contributed by atoms with Crippen LogP contribution in [0.15, 0.2) is 61.4 Å². The van der Waals surface area contributed by atoms with E-state index in [1.807, 2.05) is 0 Å². The van der Waals surface area contributed by atoms with Crippen molar-refractivity contribution >= 4 is 52.2 Å². The number of hydrogen-bond acceptors (Lipinski definition) is 9. The maximum Gasteiger partial charge on any atom is 0.277 e. The number of aliphatic hydroxyl groups excluding tert-OH is 1. The van der Waals surface area contributed by atoms with Crippen molar-refractivity contribution in [1.29, 1.82) is 0 Å². The SMILES string of the molecule is Cc1cc(-c2c(C)c(C(=O)c3c[nH]n(C)c3=O)cc(Cl)c2Cl)on1.Cc1cc(-c2c(C)c(C(O)O)cc(Cl)c2Cl)on1.Cn1[nH]ccc1=O. The Labute approximate surface area is 298 Å². The summed E-state index contributed by atoms with van der Waals surface area (Å²) in [6, 6.07) is 7.77. The predicted molar refractivity (Wildman–Crippen MR) is 186 cm³/mol. The molecule has 2 aromatic carbocycles. The number of aliphatic hydroxyl groups is 2. The Kier molecular flexibility index (Phi) is 11.8. The van der Waals surface area contributed by atoms with Gasteiger partial charge >= 0.3 is 0 Å². The van der Waals surface area contributed by atoms with Crippen molar-refractivity contribution in [2.24, 2.45) is 14.1 Å². The summed E-state index contributed by atoms with van der Waals surface area (Å²) in [7, 11) is 3.20. The number of nitrogens with zero attached hydrogens (tertiary/aromatic N) is 4. The van der Waals surface area contributed by atoms with Gasteiger partial charge in [-0.25, -0.2) is 0 Å². The molecule has 6 aromatic rings. The average Bonchev–Trinajstić information content (AvgIpc) is 3.84. The quantitative estimate of drug-likeness (QED) is 0.113. The average molecular weight is 752 g/mol. The minimum atomic E-state index is -1.62. The summed E-state index contributed by atoms with van der Waals surface area (Å²) >= 11 is 24.6. The van der Waals surface area contributed by atoms with Crippen molar-refractivity contribution in [3.05, 3.63) is 123 Å². The molecule has 49 heavy (non-hydrogen) atoms. The first kappa shape index (κ1) is 37.4. The van der Waals surface area contributed by atoms with E-state index < -0.39 is 17.6 Å². The highest BCUT2D eigenvalue weighted by atomic mass is 35.5. The van der Waals surface area contributed by atoms with Crippen molar-refractivity contribution in [2.75, 3.05) is 0 Å². The Morgan fingerprint density at radius 2 is 1.31 bits per heavy atom. The van der Waals surface area contributed by atoms with Gasteiger partial charge in [-0.05, 0) is 51.0 Å². The molecule has 0 fully saturated rings. The lowest BCUT2D eigenvalue weighted by Crippen LogP contribution is -2.19. The third-order valence-corrected chi connectivity index (χ3v) is 8.85. The summed E-state index contributed by atoms with van der Waals surface area (Å²) in [6.07, 6.45) is 1.34. The largest absolute Gasteiger partial charge is 0.364 e. The van der Waals surface area contributed by atoms with Crippen molar-refractivity contribution in [3.63, 3.8) is 0 Å². The van der Waals surface area contributed by atoms with Crippen LogP contribution in [0.5, 0.6) is 0 Å². The molecule has 0 radical (unpaired) electrons. The summed E-state index contributed by atoms with van der Waals surface area (Å²) < 4.78 is 13.0. The second-order valence-electron chi connectivity index (χ2n) is 10.8. The third kappa shape index (κ3) is 8.10. The molecule has 0 amide bonds. The zero-order valence-corrected chi connectivity index (χ0v) is 29.9. The van der Waals surface area contributed by atoms with Gasteiger partial charge in [-0.1, -0.05) is 56.7 Å². The molecule has 0 aliphatic rings. The van der Waals surface area contributed by atoms with Gasteiger partial charge in [0.25, 0.3) is 11.1 Å². The molecule has 0 saturated carbocycles. The number of benzene rings is 2. The van der Waals surface area contributed by atoms with Gasteiger partial charge in [0.05, 0.1) is 31.5 Å². The fourth-order valence-electron chi connectivity index (χ4n) is 4.67. The van der Waals surface area contributed by atoms with Crippen molar-refractivity contribution < 1.29 is 24.1 Å². The number of carbonyl (C=O) groups is 1. The molecule has 13 nitrogen and oxygen atoms in total. The molecule has 0 atom stereocenters. The molecule has 0 bridgehead atoms. The monoisotopic (exact) mass is 750 g/mol. The second-order valence-corrected chi connectivity index (χ2v) is 12.3. The Bertz CT molecular complexity index is 2260. The number of aryl methyl sites for hydroxylation is 4. The van der Waals surface area contributed by atoms with Crippen molar-refractivity contribution in [1.82, 2.24) is 29.9 Å². The minimum Gasteiger partial charge on any atom is -0.364 e. The summed E-state index contributed by atoms with van der Waals surface area (Å²) in [4.78, 5) is 35.2. The Hall–Kier alpha value is -4.37. The maximum absolute atomic E-state index is 12.8. The van der Waals surface area contributed by atoms with E-state index >= 15 is 0 Å². The van der Waals surface area contributed by atoms with E-state index in [4.69, 9.17) is 55.4 Å². The van der Waals surface area contributed by atoms with Gasteiger partial charge in [-0.3, -0.25) is 23.7 Å². The zero-order valence-electron chi connectivity index (χ0n) is 26.9. The van der Waals surface area contributed by atoms with Gasteiger partial charge in [0.15, 0.2) is 17.8 Å². The molecular formula is C32H30Cl4N6O7. The van der Waals surface area contributed by atoms with Gasteiger partial charge in [0.1, 0.15) is 5.56 Å². The summed E-state index contributed by atoms with van der Waals surface area (Å²) in [5.41, 5.74) is 3.72. The molecule has 4 aromatic heterocycles. The van der Waals surface area contributed by atoms with E-state index in [1.54, 1.807) is 53.1 Å². The lowest BCUT2D eigenvalue weighted by Gasteiger charge is -2.14. The highest BCUT2D eigenvalue weighted by Crippen LogP contribution is 2.40. The summed E-state index contributed by atoms with van der Waals surface area (Å²) in [6.45, 7) is 6.99. The molecule has 0 aliphatic heterocycles. The lowest BCUT2D eigenvalue weighted by atomic mass is 9.95. The van der Waals surface area contributed by atoms with Crippen LogP contribution in [-0.2, 0) is 14.1 Å². The van der Waals surface area contributed by atoms with Gasteiger partial charge in [-0.2, -0.15) is 0 Å². The van der Waals surface area contributed by atoms with Crippen molar-refractivity contribution in [3.8, 4) is 22.6 Å². The van der Waals surface area contributed by atoms with Gasteiger partial charge in [0, 0.05) is 66.9 Å². The molecule has 6 rings (SSSR count). The minimum absolute atomic E-state index is 0.000000000000000222. The Morgan fingerprint density at radius 3 is 1.69 bits per heavy atom. The zero-order chi connectivity index (χ0) is 36.3. The highest BCUT2D eigenvalue weighted by molar-refractivity contribution is 6.44. The lowest BCUT2D eigenvalue weighted by molar-refractivity contribution is -0.0428. The van der Waals surface area contributed by atoms with Crippen LogP contribution in [-0.4, -0.2) is 45.9 Å². The first-order valence-electron chi connectivity index (χ1n) is 14.2. The van der Waals surface area contributed by atoms with Crippen LogP contribution in [0, 0.1) is 27.7 Å². The number of hydrogen-bond donors (Lipinski definition) is 4. The van der Waals surface area contributed by atoms with E-state index in [2.05, 4.69) is 20.5 Å². The van der Waals surface area contributed by atoms with Crippen LogP contribution in [0.1, 0.15) is 50.3 Å². The first-order valence-corrected chi connectivity index (χ1v) is 15.7. The van der Waals surface area contributed by atoms with Crippen molar-refractivity contribution in [2.45, 2.75) is 34.0 Å². The number of rotatable bonds is 5. The van der Waals surface area contributed by atoms with E-state index in [9.17, 15) is 24.6 Å². The number of aromatic amines is 2. The van der Waals surface area contributed by atoms with E-state index in [0.717, 1.165) is 0 Å². The number of H-pyrrole nitrogens is 2. The predicted octanol–water partition coefficient (Wildman–Crippen LogP) is 6.48. The molecular weight excluding hydrogens is 722 g/mol. The van der Waals surface area contributed by atoms with E-state index in [0.29, 0.717) is 50.2 Å². The molecule has 0 spiro atoms. The summed E-state index contributed by atoms with van der Waals surface area (Å²) in [5.74, 6) is 0.415. The molecule has 258 valence electrons. The third-order valence-electron chi connectivity index (χ3n) is 7.28. The van der Waals surface area contributed by atoms with Gasteiger partial charge in [-0.15, -0.1) is 0 Å². The number of aromatic nitrogens is 6. The van der Waals surface area contributed by atoms with Crippen LogP contribution in [0.3, 0.4) is 0 Å². The van der Waals surface area contributed by atoms with E-state index in [-0.39, 0.29) is 37.3 Å². The normalized spacial score (nSPS) is 10.9. The smallest absolute Gasteiger partial charge is 0.277 e. The second kappa shape index (κ2) is 15.5. The highest BCUT2D eigenvalue weighted by Gasteiger charge is 2.24.